The second-order valence-electron chi connectivity index (χ2n) is 5.19. The minimum Gasteiger partial charge on any atom is -0.504 e. The van der Waals surface area contributed by atoms with Crippen LogP contribution in [0.2, 0.25) is 0 Å². The van der Waals surface area contributed by atoms with Crippen LogP contribution in [0.5, 0.6) is 11.5 Å². The Morgan fingerprint density at radius 3 is 2.10 bits per heavy atom. The lowest BCUT2D eigenvalue weighted by Gasteiger charge is -2.09. The Kier molecular flexibility index (Phi) is 8.49. The molecule has 0 bridgehead atoms. The lowest BCUT2D eigenvalue weighted by molar-refractivity contribution is 0.0691. The molecule has 1 aromatic rings. The van der Waals surface area contributed by atoms with E-state index < -0.39 is 11.7 Å². The summed E-state index contributed by atoms with van der Waals surface area (Å²) in [5.41, 5.74) is 0.416. The Balaban J connectivity index is 2.39. The first-order chi connectivity index (χ1) is 10.1. The van der Waals surface area contributed by atoms with Crippen LogP contribution < -0.4 is 0 Å². The number of rotatable bonds is 10. The summed E-state index contributed by atoms with van der Waals surface area (Å²) in [6.45, 7) is 0. The van der Waals surface area contributed by atoms with E-state index in [1.54, 1.807) is 6.07 Å². The Labute approximate surface area is 139 Å². The molecule has 4 nitrogen and oxygen atoms in total. The van der Waals surface area contributed by atoms with E-state index in [0.29, 0.717) is 12.0 Å². The van der Waals surface area contributed by atoms with Crippen molar-refractivity contribution in [1.29, 1.82) is 0 Å². The Morgan fingerprint density at radius 2 is 1.52 bits per heavy atom. The quantitative estimate of drug-likeness (QED) is 0.231. The molecule has 0 unspecified atom stereocenters. The van der Waals surface area contributed by atoms with Gasteiger partial charge < -0.3 is 15.3 Å². The number of aromatic hydroxyl groups is 2. The molecular weight excluding hydrogens is 383 g/mol. The molecule has 0 spiro atoms. The maximum atomic E-state index is 11.2. The maximum Gasteiger partial charge on any atom is 0.339 e. The van der Waals surface area contributed by atoms with E-state index in [1.807, 2.05) is 0 Å². The van der Waals surface area contributed by atoms with Gasteiger partial charge in [0.1, 0.15) is 5.56 Å². The fourth-order valence-corrected chi connectivity index (χ4v) is 2.90. The number of phenolic OH excluding ortho intramolecular Hbond substituents is 1. The summed E-state index contributed by atoms with van der Waals surface area (Å²) in [6, 6.07) is 2.93. The van der Waals surface area contributed by atoms with Crippen molar-refractivity contribution in [3.05, 3.63) is 23.3 Å². The zero-order chi connectivity index (χ0) is 15.7. The molecule has 0 aliphatic rings. The standard InChI is InChI=1S/C16H23IO4/c17-11-7-5-3-1-2-4-6-8-12-9-10-13(18)15(19)14(12)16(20)21/h9-10,18-19H,1-8,11H2,(H,20,21). The van der Waals surface area contributed by atoms with E-state index in [-0.39, 0.29) is 11.3 Å². The van der Waals surface area contributed by atoms with Crippen molar-refractivity contribution in [3.8, 4) is 11.5 Å². The number of alkyl halides is 1. The smallest absolute Gasteiger partial charge is 0.339 e. The third-order valence-electron chi connectivity index (χ3n) is 3.54. The van der Waals surface area contributed by atoms with Crippen LogP contribution in [0.1, 0.15) is 60.9 Å². The highest BCUT2D eigenvalue weighted by atomic mass is 127. The van der Waals surface area contributed by atoms with Crippen molar-refractivity contribution >= 4 is 28.6 Å². The predicted octanol–water partition coefficient (Wildman–Crippen LogP) is 4.50. The van der Waals surface area contributed by atoms with Gasteiger partial charge in [0.05, 0.1) is 0 Å². The van der Waals surface area contributed by atoms with E-state index in [1.165, 1.54) is 36.2 Å². The number of unbranched alkanes of at least 4 members (excludes halogenated alkanes) is 6. The van der Waals surface area contributed by atoms with Gasteiger partial charge in [0.2, 0.25) is 0 Å². The minimum atomic E-state index is -1.20. The van der Waals surface area contributed by atoms with Gasteiger partial charge in [0, 0.05) is 0 Å². The van der Waals surface area contributed by atoms with Gasteiger partial charge >= 0.3 is 5.97 Å². The number of carboxylic acids is 1. The molecule has 0 fully saturated rings. The van der Waals surface area contributed by atoms with Crippen molar-refractivity contribution in [1.82, 2.24) is 0 Å². The number of benzene rings is 1. The molecule has 0 aliphatic heterocycles. The molecule has 1 rings (SSSR count). The summed E-state index contributed by atoms with van der Waals surface area (Å²) in [4.78, 5) is 11.2. The normalized spacial score (nSPS) is 10.7. The highest BCUT2D eigenvalue weighted by molar-refractivity contribution is 14.1. The first kappa shape index (κ1) is 18.1. The van der Waals surface area contributed by atoms with Gasteiger partial charge in [0.15, 0.2) is 11.5 Å². The molecule has 118 valence electrons. The van der Waals surface area contributed by atoms with E-state index in [2.05, 4.69) is 22.6 Å². The second kappa shape index (κ2) is 9.87. The first-order valence-corrected chi connectivity index (χ1v) is 8.93. The van der Waals surface area contributed by atoms with Crippen molar-refractivity contribution in [2.75, 3.05) is 4.43 Å². The van der Waals surface area contributed by atoms with Gasteiger partial charge in [0.25, 0.3) is 0 Å². The maximum absolute atomic E-state index is 11.2. The van der Waals surface area contributed by atoms with Crippen LogP contribution in [0.15, 0.2) is 12.1 Å². The van der Waals surface area contributed by atoms with Crippen LogP contribution in [0.3, 0.4) is 0 Å². The van der Waals surface area contributed by atoms with Gasteiger partial charge in [-0.1, -0.05) is 60.8 Å². The largest absolute Gasteiger partial charge is 0.504 e. The molecule has 0 heterocycles. The topological polar surface area (TPSA) is 77.8 Å². The van der Waals surface area contributed by atoms with Crippen molar-refractivity contribution in [2.24, 2.45) is 0 Å². The van der Waals surface area contributed by atoms with Crippen LogP contribution in [-0.4, -0.2) is 25.7 Å². The molecule has 0 aromatic heterocycles. The van der Waals surface area contributed by atoms with Crippen molar-refractivity contribution < 1.29 is 20.1 Å². The number of aromatic carboxylic acids is 1. The van der Waals surface area contributed by atoms with Crippen LogP contribution in [0.4, 0.5) is 0 Å². The molecular formula is C16H23IO4. The average Bonchev–Trinajstić information content (AvgIpc) is 2.45. The van der Waals surface area contributed by atoms with E-state index >= 15 is 0 Å². The number of carboxylic acid groups (broad SMARTS) is 1. The van der Waals surface area contributed by atoms with Gasteiger partial charge in [-0.25, -0.2) is 4.79 Å². The second-order valence-corrected chi connectivity index (χ2v) is 6.27. The summed E-state index contributed by atoms with van der Waals surface area (Å²) in [5, 5.41) is 28.1. The number of hydrogen-bond donors (Lipinski definition) is 3. The first-order valence-electron chi connectivity index (χ1n) is 7.41. The monoisotopic (exact) mass is 406 g/mol. The summed E-state index contributed by atoms with van der Waals surface area (Å²) < 4.78 is 1.22. The fraction of sp³-hybridized carbons (Fsp3) is 0.562. The van der Waals surface area contributed by atoms with Gasteiger partial charge in [-0.15, -0.1) is 0 Å². The molecule has 0 saturated heterocycles. The van der Waals surface area contributed by atoms with Gasteiger partial charge in [-0.2, -0.15) is 0 Å². The van der Waals surface area contributed by atoms with Crippen LogP contribution in [0, 0.1) is 0 Å². The highest BCUT2D eigenvalue weighted by Gasteiger charge is 2.18. The lowest BCUT2D eigenvalue weighted by atomic mass is 9.99. The number of halogens is 1. The Hall–Kier alpha value is -0.980. The average molecular weight is 406 g/mol. The molecule has 5 heteroatoms. The minimum absolute atomic E-state index is 0.169. The number of aryl methyl sites for hydroxylation is 1. The SMILES string of the molecule is O=C(O)c1c(CCCCCCCCCI)ccc(O)c1O. The molecule has 0 amide bonds. The molecule has 0 radical (unpaired) electrons. The zero-order valence-electron chi connectivity index (χ0n) is 12.1. The van der Waals surface area contributed by atoms with Gasteiger partial charge in [-0.3, -0.25) is 0 Å². The van der Waals surface area contributed by atoms with Crippen LogP contribution >= 0.6 is 22.6 Å². The highest BCUT2D eigenvalue weighted by Crippen LogP contribution is 2.32. The fourth-order valence-electron chi connectivity index (χ4n) is 2.36. The van der Waals surface area contributed by atoms with Gasteiger partial charge in [-0.05, 0) is 35.3 Å². The summed E-state index contributed by atoms with van der Waals surface area (Å²) >= 11 is 2.40. The molecule has 3 N–H and O–H groups in total. The third-order valence-corrected chi connectivity index (χ3v) is 4.30. The molecule has 21 heavy (non-hydrogen) atoms. The summed E-state index contributed by atoms with van der Waals surface area (Å²) in [6.07, 6.45) is 8.80. The Morgan fingerprint density at radius 1 is 0.952 bits per heavy atom. The summed E-state index contributed by atoms with van der Waals surface area (Å²) in [7, 11) is 0. The van der Waals surface area contributed by atoms with Crippen molar-refractivity contribution in [3.63, 3.8) is 0 Å². The van der Waals surface area contributed by atoms with E-state index in [0.717, 1.165) is 19.3 Å². The molecule has 0 atom stereocenters. The van der Waals surface area contributed by atoms with E-state index in [9.17, 15) is 15.0 Å². The molecule has 1 aromatic carbocycles. The molecule has 0 saturated carbocycles. The summed E-state index contributed by atoms with van der Waals surface area (Å²) in [5.74, 6) is -2.11. The third kappa shape index (κ3) is 6.11. The molecule has 0 aliphatic carbocycles. The predicted molar refractivity (Wildman–Crippen MR) is 91.6 cm³/mol. The Bertz CT molecular complexity index is 460. The van der Waals surface area contributed by atoms with E-state index in [4.69, 9.17) is 5.11 Å². The number of carbonyl (C=O) groups is 1. The number of hydrogen-bond acceptors (Lipinski definition) is 3. The lowest BCUT2D eigenvalue weighted by Crippen LogP contribution is -2.03. The van der Waals surface area contributed by atoms with Crippen molar-refractivity contribution in [2.45, 2.75) is 51.4 Å². The van der Waals surface area contributed by atoms with Crippen LogP contribution in [-0.2, 0) is 6.42 Å². The number of phenols is 2. The zero-order valence-corrected chi connectivity index (χ0v) is 14.3. The van der Waals surface area contributed by atoms with Crippen LogP contribution in [0.25, 0.3) is 0 Å².